The summed E-state index contributed by atoms with van der Waals surface area (Å²) in [5, 5.41) is 9.56. The second-order valence-electron chi connectivity index (χ2n) is 6.14. The summed E-state index contributed by atoms with van der Waals surface area (Å²) in [6, 6.07) is 0.740. The number of hydrogen-bond acceptors (Lipinski definition) is 4. The van der Waals surface area contributed by atoms with Gasteiger partial charge in [-0.25, -0.2) is 0 Å². The largest absolute Gasteiger partial charge is 0.393 e. The van der Waals surface area contributed by atoms with Gasteiger partial charge in [-0.1, -0.05) is 0 Å². The summed E-state index contributed by atoms with van der Waals surface area (Å²) in [6.07, 6.45) is 4.37. The van der Waals surface area contributed by atoms with Gasteiger partial charge in [0.05, 0.1) is 6.10 Å². The molecule has 1 heterocycles. The van der Waals surface area contributed by atoms with Gasteiger partial charge in [-0.2, -0.15) is 0 Å². The Morgan fingerprint density at radius 1 is 1.00 bits per heavy atom. The molecule has 1 aliphatic heterocycles. The molecule has 0 spiro atoms. The van der Waals surface area contributed by atoms with Crippen LogP contribution in [0.4, 0.5) is 0 Å². The highest BCUT2D eigenvalue weighted by atomic mass is 16.3. The first-order valence-corrected chi connectivity index (χ1v) is 7.44. The average Bonchev–Trinajstić information content (AvgIpc) is 2.38. The smallest absolute Gasteiger partial charge is 0.0541 e. The SMILES string of the molecule is CN(C)CCN1CCN(C2CCC(O)CC2)CC1. The lowest BCUT2D eigenvalue weighted by Gasteiger charge is -2.41. The lowest BCUT2D eigenvalue weighted by molar-refractivity contribution is 0.0428. The average molecular weight is 255 g/mol. The summed E-state index contributed by atoms with van der Waals surface area (Å²) in [5.41, 5.74) is 0. The maximum absolute atomic E-state index is 9.56. The second-order valence-corrected chi connectivity index (χ2v) is 6.14. The predicted molar refractivity (Wildman–Crippen MR) is 74.8 cm³/mol. The van der Waals surface area contributed by atoms with E-state index in [1.54, 1.807) is 0 Å². The van der Waals surface area contributed by atoms with Crippen molar-refractivity contribution in [3.63, 3.8) is 0 Å². The Hall–Kier alpha value is -0.160. The summed E-state index contributed by atoms with van der Waals surface area (Å²) in [6.45, 7) is 7.22. The number of rotatable bonds is 4. The molecule has 0 aromatic heterocycles. The number of aliphatic hydroxyl groups is 1. The van der Waals surface area contributed by atoms with Crippen molar-refractivity contribution in [1.29, 1.82) is 0 Å². The summed E-state index contributed by atoms with van der Waals surface area (Å²) >= 11 is 0. The van der Waals surface area contributed by atoms with Crippen molar-refractivity contribution in [2.75, 3.05) is 53.4 Å². The molecule has 0 unspecified atom stereocenters. The third-order valence-electron chi connectivity index (χ3n) is 4.45. The van der Waals surface area contributed by atoms with Gasteiger partial charge in [0, 0.05) is 45.3 Å². The van der Waals surface area contributed by atoms with Crippen LogP contribution in [0, 0.1) is 0 Å². The third kappa shape index (κ3) is 4.19. The fourth-order valence-corrected chi connectivity index (χ4v) is 3.12. The molecule has 2 aliphatic rings. The Kier molecular flexibility index (Phi) is 5.42. The molecule has 0 aromatic rings. The Morgan fingerprint density at radius 3 is 2.17 bits per heavy atom. The van der Waals surface area contributed by atoms with E-state index in [2.05, 4.69) is 28.8 Å². The molecule has 0 aromatic carbocycles. The maximum atomic E-state index is 9.56. The van der Waals surface area contributed by atoms with Gasteiger partial charge >= 0.3 is 0 Å². The highest BCUT2D eigenvalue weighted by Crippen LogP contribution is 2.23. The Labute approximate surface area is 112 Å². The van der Waals surface area contributed by atoms with Gasteiger partial charge in [-0.05, 0) is 39.8 Å². The number of nitrogens with zero attached hydrogens (tertiary/aromatic N) is 3. The van der Waals surface area contributed by atoms with Crippen LogP contribution in [0.15, 0.2) is 0 Å². The fourth-order valence-electron chi connectivity index (χ4n) is 3.12. The van der Waals surface area contributed by atoms with Crippen LogP contribution in [-0.4, -0.2) is 85.3 Å². The van der Waals surface area contributed by atoms with E-state index in [4.69, 9.17) is 0 Å². The zero-order valence-electron chi connectivity index (χ0n) is 12.0. The molecule has 2 rings (SSSR count). The molecule has 4 nitrogen and oxygen atoms in total. The summed E-state index contributed by atoms with van der Waals surface area (Å²) < 4.78 is 0. The number of aliphatic hydroxyl groups excluding tert-OH is 1. The molecule has 1 saturated carbocycles. The Morgan fingerprint density at radius 2 is 1.61 bits per heavy atom. The Balaban J connectivity index is 1.67. The fraction of sp³-hybridized carbons (Fsp3) is 1.00. The van der Waals surface area contributed by atoms with Gasteiger partial charge in [0.25, 0.3) is 0 Å². The molecule has 1 saturated heterocycles. The molecule has 1 N–H and O–H groups in total. The van der Waals surface area contributed by atoms with Gasteiger partial charge in [-0.3, -0.25) is 9.80 Å². The molecule has 1 aliphatic carbocycles. The quantitative estimate of drug-likeness (QED) is 0.791. The third-order valence-corrected chi connectivity index (χ3v) is 4.45. The number of hydrogen-bond donors (Lipinski definition) is 1. The van der Waals surface area contributed by atoms with Crippen LogP contribution < -0.4 is 0 Å². The summed E-state index contributed by atoms with van der Waals surface area (Å²) in [7, 11) is 4.28. The van der Waals surface area contributed by atoms with Gasteiger partial charge in [0.1, 0.15) is 0 Å². The first-order chi connectivity index (χ1) is 8.65. The summed E-state index contributed by atoms with van der Waals surface area (Å²) in [5.74, 6) is 0. The molecule has 0 bridgehead atoms. The molecular formula is C14H29N3O. The molecule has 18 heavy (non-hydrogen) atoms. The minimum atomic E-state index is -0.0253. The van der Waals surface area contributed by atoms with Crippen molar-refractivity contribution in [1.82, 2.24) is 14.7 Å². The van der Waals surface area contributed by atoms with Gasteiger partial charge in [-0.15, -0.1) is 0 Å². The van der Waals surface area contributed by atoms with E-state index in [1.165, 1.54) is 45.6 Å². The first kappa shape index (κ1) is 14.3. The van der Waals surface area contributed by atoms with E-state index in [9.17, 15) is 5.11 Å². The van der Waals surface area contributed by atoms with Gasteiger partial charge in [0.15, 0.2) is 0 Å². The van der Waals surface area contributed by atoms with Crippen LogP contribution in [0.5, 0.6) is 0 Å². The zero-order chi connectivity index (χ0) is 13.0. The van der Waals surface area contributed by atoms with Crippen LogP contribution in [0.2, 0.25) is 0 Å². The van der Waals surface area contributed by atoms with Crippen molar-refractivity contribution in [3.8, 4) is 0 Å². The lowest BCUT2D eigenvalue weighted by atomic mass is 9.91. The van der Waals surface area contributed by atoms with Crippen molar-refractivity contribution >= 4 is 0 Å². The van der Waals surface area contributed by atoms with E-state index < -0.39 is 0 Å². The van der Waals surface area contributed by atoms with Crippen LogP contribution in [0.3, 0.4) is 0 Å². The molecule has 0 radical (unpaired) electrons. The highest BCUT2D eigenvalue weighted by Gasteiger charge is 2.27. The molecule has 106 valence electrons. The molecule has 2 fully saturated rings. The molecular weight excluding hydrogens is 226 g/mol. The predicted octanol–water partition coefficient (Wildman–Crippen LogP) is 0.469. The van der Waals surface area contributed by atoms with Crippen LogP contribution in [-0.2, 0) is 0 Å². The molecule has 0 amide bonds. The van der Waals surface area contributed by atoms with E-state index in [1.807, 2.05) is 0 Å². The van der Waals surface area contributed by atoms with Crippen LogP contribution in [0.25, 0.3) is 0 Å². The summed E-state index contributed by atoms with van der Waals surface area (Å²) in [4.78, 5) is 7.49. The van der Waals surface area contributed by atoms with Crippen molar-refractivity contribution < 1.29 is 5.11 Å². The van der Waals surface area contributed by atoms with Crippen LogP contribution in [0.1, 0.15) is 25.7 Å². The van der Waals surface area contributed by atoms with E-state index in [0.717, 1.165) is 25.4 Å². The van der Waals surface area contributed by atoms with Crippen molar-refractivity contribution in [2.45, 2.75) is 37.8 Å². The standard InChI is InChI=1S/C14H29N3O/c1-15(2)7-8-16-9-11-17(12-10-16)13-3-5-14(18)6-4-13/h13-14,18H,3-12H2,1-2H3. The topological polar surface area (TPSA) is 30.0 Å². The first-order valence-electron chi connectivity index (χ1n) is 7.44. The van der Waals surface area contributed by atoms with Crippen LogP contribution >= 0.6 is 0 Å². The minimum absolute atomic E-state index is 0.0253. The van der Waals surface area contributed by atoms with E-state index in [-0.39, 0.29) is 6.10 Å². The molecule has 4 heteroatoms. The van der Waals surface area contributed by atoms with Gasteiger partial charge < -0.3 is 10.0 Å². The number of piperazine rings is 1. The Bertz CT molecular complexity index is 231. The van der Waals surface area contributed by atoms with Gasteiger partial charge in [0.2, 0.25) is 0 Å². The lowest BCUT2D eigenvalue weighted by Crippen LogP contribution is -2.52. The monoisotopic (exact) mass is 255 g/mol. The second kappa shape index (κ2) is 6.85. The van der Waals surface area contributed by atoms with E-state index >= 15 is 0 Å². The highest BCUT2D eigenvalue weighted by molar-refractivity contribution is 4.83. The maximum Gasteiger partial charge on any atom is 0.0541 e. The number of likely N-dealkylation sites (N-methyl/N-ethyl adjacent to an activating group) is 1. The normalized spacial score (nSPS) is 32.0. The van der Waals surface area contributed by atoms with Crippen molar-refractivity contribution in [3.05, 3.63) is 0 Å². The zero-order valence-corrected chi connectivity index (χ0v) is 12.0. The minimum Gasteiger partial charge on any atom is -0.393 e. The molecule has 0 atom stereocenters. The van der Waals surface area contributed by atoms with Crippen molar-refractivity contribution in [2.24, 2.45) is 0 Å². The van der Waals surface area contributed by atoms with E-state index in [0.29, 0.717) is 0 Å².